The second kappa shape index (κ2) is 13.5. The lowest BCUT2D eigenvalue weighted by atomic mass is 9.98. The number of carbonyl (C=O) groups excluding carboxylic acids is 3. The van der Waals surface area contributed by atoms with Crippen LogP contribution in [-0.2, 0) is 32.0 Å². The van der Waals surface area contributed by atoms with Gasteiger partial charge in [0.1, 0.15) is 24.9 Å². The predicted molar refractivity (Wildman–Crippen MR) is 168 cm³/mol. The average Bonchev–Trinajstić information content (AvgIpc) is 3.32. The fourth-order valence-electron chi connectivity index (χ4n) is 5.18. The topological polar surface area (TPSA) is 103 Å². The lowest BCUT2D eigenvalue weighted by molar-refractivity contribution is -0.147. The lowest BCUT2D eigenvalue weighted by Crippen LogP contribution is -2.45. The number of anilines is 1. The second-order valence-corrected chi connectivity index (χ2v) is 11.6. The molecule has 0 aromatic heterocycles. The summed E-state index contributed by atoms with van der Waals surface area (Å²) >= 11 is 0. The van der Waals surface area contributed by atoms with Crippen molar-refractivity contribution in [2.75, 3.05) is 11.9 Å². The first-order valence-electron chi connectivity index (χ1n) is 14.6. The fraction of sp³-hybridized carbons (Fsp3) is 0.250. The van der Waals surface area contributed by atoms with Crippen LogP contribution in [0.1, 0.15) is 48.9 Å². The first-order chi connectivity index (χ1) is 21.2. The zero-order chi connectivity index (χ0) is 31.1. The number of hydrogen-bond donors (Lipinski definition) is 2. The molecule has 226 valence electrons. The van der Waals surface area contributed by atoms with Crippen LogP contribution < -0.4 is 10.6 Å². The number of benzene rings is 4. The summed E-state index contributed by atoms with van der Waals surface area (Å²) < 4.78 is 16.5. The van der Waals surface area contributed by atoms with Crippen LogP contribution in [0.5, 0.6) is 0 Å². The number of ether oxygens (including phenoxy) is 3. The van der Waals surface area contributed by atoms with E-state index in [9.17, 15) is 14.4 Å². The minimum Gasteiger partial charge on any atom is -0.459 e. The van der Waals surface area contributed by atoms with Gasteiger partial charge in [0.25, 0.3) is 0 Å². The highest BCUT2D eigenvalue weighted by molar-refractivity contribution is 5.85. The Bertz CT molecular complexity index is 1570. The molecule has 1 atom stereocenters. The molecule has 44 heavy (non-hydrogen) atoms. The number of hydrogen-bond acceptors (Lipinski definition) is 6. The van der Waals surface area contributed by atoms with Crippen LogP contribution in [0.2, 0.25) is 0 Å². The molecule has 2 amide bonds. The molecule has 0 spiro atoms. The van der Waals surface area contributed by atoms with Gasteiger partial charge in [0.05, 0.1) is 0 Å². The van der Waals surface area contributed by atoms with Crippen molar-refractivity contribution in [3.8, 4) is 11.1 Å². The van der Waals surface area contributed by atoms with Crippen LogP contribution in [0.4, 0.5) is 15.3 Å². The van der Waals surface area contributed by atoms with E-state index in [1.54, 1.807) is 45.0 Å². The van der Waals surface area contributed by atoms with Crippen LogP contribution in [0.25, 0.3) is 11.1 Å². The normalized spacial score (nSPS) is 12.8. The summed E-state index contributed by atoms with van der Waals surface area (Å²) in [7, 11) is 0. The molecule has 4 aromatic rings. The summed E-state index contributed by atoms with van der Waals surface area (Å²) in [5, 5.41) is 5.41. The third-order valence-electron chi connectivity index (χ3n) is 7.18. The number of esters is 1. The van der Waals surface area contributed by atoms with Gasteiger partial charge in [0.2, 0.25) is 0 Å². The van der Waals surface area contributed by atoms with Gasteiger partial charge in [-0.1, -0.05) is 91.0 Å². The number of alkyl carbamates (subject to hydrolysis) is 1. The van der Waals surface area contributed by atoms with E-state index in [1.807, 2.05) is 54.6 Å². The smallest absolute Gasteiger partial charge is 0.411 e. The zero-order valence-corrected chi connectivity index (χ0v) is 25.0. The van der Waals surface area contributed by atoms with Crippen molar-refractivity contribution in [3.05, 3.63) is 125 Å². The SMILES string of the molecule is CC(C)(C)OC(=O)N[C@@H](Cc1ccc(NC(=O)OCC2c3ccccc3-c3ccccc32)cc1)C(=O)OCc1ccccc1. The minimum absolute atomic E-state index is 0.0356. The van der Waals surface area contributed by atoms with Gasteiger partial charge in [0, 0.05) is 18.0 Å². The maximum absolute atomic E-state index is 13.0. The summed E-state index contributed by atoms with van der Waals surface area (Å²) in [5.41, 5.74) is 6.00. The predicted octanol–water partition coefficient (Wildman–Crippen LogP) is 7.23. The van der Waals surface area contributed by atoms with E-state index in [4.69, 9.17) is 14.2 Å². The Kier molecular flexibility index (Phi) is 9.29. The standard InChI is InChI=1S/C36H36N2O6/c1-36(2,3)44-35(41)38-32(33(39)42-22-25-11-5-4-6-12-25)21-24-17-19-26(20-18-24)37-34(40)43-23-31-29-15-9-7-13-27(29)28-14-8-10-16-30(28)31/h4-20,31-32H,21-23H2,1-3H3,(H,37,40)(H,38,41)/t32-/m0/s1. The highest BCUT2D eigenvalue weighted by Crippen LogP contribution is 2.44. The molecule has 4 aromatic carbocycles. The van der Waals surface area contributed by atoms with Gasteiger partial charge in [-0.25, -0.2) is 14.4 Å². The zero-order valence-electron chi connectivity index (χ0n) is 25.0. The Morgan fingerprint density at radius 1 is 0.705 bits per heavy atom. The monoisotopic (exact) mass is 592 g/mol. The fourth-order valence-corrected chi connectivity index (χ4v) is 5.18. The summed E-state index contributed by atoms with van der Waals surface area (Å²) in [5.74, 6) is -0.618. The van der Waals surface area contributed by atoms with E-state index in [1.165, 1.54) is 0 Å². The second-order valence-electron chi connectivity index (χ2n) is 11.6. The molecule has 8 nitrogen and oxygen atoms in total. The van der Waals surface area contributed by atoms with Gasteiger partial charge in [-0.15, -0.1) is 0 Å². The molecule has 0 aliphatic heterocycles. The molecular weight excluding hydrogens is 556 g/mol. The van der Waals surface area contributed by atoms with Crippen molar-refractivity contribution in [1.82, 2.24) is 5.32 Å². The van der Waals surface area contributed by atoms with E-state index in [0.29, 0.717) is 5.69 Å². The number of carbonyl (C=O) groups is 3. The summed E-state index contributed by atoms with van der Waals surface area (Å²) in [6.45, 7) is 5.53. The average molecular weight is 593 g/mol. The van der Waals surface area contributed by atoms with Gasteiger partial charge in [-0.2, -0.15) is 0 Å². The van der Waals surface area contributed by atoms with Crippen LogP contribution in [0.3, 0.4) is 0 Å². The maximum atomic E-state index is 13.0. The van der Waals surface area contributed by atoms with Gasteiger partial charge in [-0.05, 0) is 66.3 Å². The molecule has 0 heterocycles. The van der Waals surface area contributed by atoms with E-state index in [0.717, 1.165) is 33.4 Å². The highest BCUT2D eigenvalue weighted by Gasteiger charge is 2.29. The van der Waals surface area contributed by atoms with Crippen LogP contribution >= 0.6 is 0 Å². The lowest BCUT2D eigenvalue weighted by Gasteiger charge is -2.23. The van der Waals surface area contributed by atoms with Crippen LogP contribution in [-0.4, -0.2) is 36.4 Å². The third-order valence-corrected chi connectivity index (χ3v) is 7.18. The molecule has 0 radical (unpaired) electrons. The van der Waals surface area contributed by atoms with Gasteiger partial charge in [-0.3, -0.25) is 5.32 Å². The minimum atomic E-state index is -0.977. The van der Waals surface area contributed by atoms with Crippen molar-refractivity contribution in [2.45, 2.75) is 51.4 Å². The molecule has 0 bridgehead atoms. The highest BCUT2D eigenvalue weighted by atomic mass is 16.6. The van der Waals surface area contributed by atoms with E-state index < -0.39 is 29.8 Å². The molecule has 0 fully saturated rings. The molecule has 8 heteroatoms. The number of fused-ring (bicyclic) bond motifs is 3. The van der Waals surface area contributed by atoms with Crippen LogP contribution in [0, 0.1) is 0 Å². The Morgan fingerprint density at radius 3 is 1.91 bits per heavy atom. The van der Waals surface area contributed by atoms with Gasteiger partial charge in [0.15, 0.2) is 0 Å². The molecule has 0 unspecified atom stereocenters. The largest absolute Gasteiger partial charge is 0.459 e. The molecule has 1 aliphatic rings. The van der Waals surface area contributed by atoms with Crippen LogP contribution in [0.15, 0.2) is 103 Å². The Morgan fingerprint density at radius 2 is 1.30 bits per heavy atom. The molecule has 0 saturated heterocycles. The molecule has 2 N–H and O–H groups in total. The van der Waals surface area contributed by atoms with Crippen molar-refractivity contribution < 1.29 is 28.6 Å². The summed E-state index contributed by atoms with van der Waals surface area (Å²) in [4.78, 5) is 38.2. The van der Waals surface area contributed by atoms with E-state index in [-0.39, 0.29) is 25.6 Å². The summed E-state index contributed by atoms with van der Waals surface area (Å²) in [6.07, 6.45) is -1.11. The van der Waals surface area contributed by atoms with Gasteiger partial charge < -0.3 is 19.5 Å². The van der Waals surface area contributed by atoms with Crippen molar-refractivity contribution in [1.29, 1.82) is 0 Å². The number of nitrogens with one attached hydrogen (secondary N) is 2. The molecule has 0 saturated carbocycles. The molecule has 1 aliphatic carbocycles. The number of rotatable bonds is 9. The Labute approximate surface area is 257 Å². The van der Waals surface area contributed by atoms with Crippen molar-refractivity contribution in [2.24, 2.45) is 0 Å². The molecular formula is C36H36N2O6. The number of amides is 2. The first-order valence-corrected chi connectivity index (χ1v) is 14.6. The third kappa shape index (κ3) is 7.83. The first kappa shape index (κ1) is 30.4. The quantitative estimate of drug-likeness (QED) is 0.157. The maximum Gasteiger partial charge on any atom is 0.411 e. The summed E-state index contributed by atoms with van der Waals surface area (Å²) in [6, 6.07) is 31.6. The van der Waals surface area contributed by atoms with E-state index in [2.05, 4.69) is 34.9 Å². The molecule has 5 rings (SSSR count). The Balaban J connectivity index is 1.19. The Hall–Kier alpha value is -5.11. The van der Waals surface area contributed by atoms with Crippen molar-refractivity contribution >= 4 is 23.8 Å². The van der Waals surface area contributed by atoms with Crippen molar-refractivity contribution in [3.63, 3.8) is 0 Å². The van der Waals surface area contributed by atoms with E-state index >= 15 is 0 Å². The van der Waals surface area contributed by atoms with Gasteiger partial charge >= 0.3 is 18.2 Å².